The summed E-state index contributed by atoms with van der Waals surface area (Å²) in [6.07, 6.45) is 3.25. The number of carbonyl (C=O) groups is 1. The number of nitrogens with one attached hydrogen (secondary N) is 2. The minimum absolute atomic E-state index is 0.0368. The minimum Gasteiger partial charge on any atom is -0.358 e. The fourth-order valence-corrected chi connectivity index (χ4v) is 8.39. The molecule has 0 aliphatic heterocycles. The van der Waals surface area contributed by atoms with Crippen molar-refractivity contribution in [1.29, 1.82) is 0 Å². The van der Waals surface area contributed by atoms with Crippen LogP contribution in [0.2, 0.25) is 0 Å². The van der Waals surface area contributed by atoms with Gasteiger partial charge in [-0.15, -0.1) is 0 Å². The van der Waals surface area contributed by atoms with E-state index in [9.17, 15) is 4.79 Å². The van der Waals surface area contributed by atoms with Crippen molar-refractivity contribution in [3.63, 3.8) is 0 Å². The first-order valence-electron chi connectivity index (χ1n) is 10.7. The highest BCUT2D eigenvalue weighted by Crippen LogP contribution is 2.55. The van der Waals surface area contributed by atoms with Gasteiger partial charge in [0.2, 0.25) is 5.91 Å². The average molecular weight is 420 g/mol. The van der Waals surface area contributed by atoms with Gasteiger partial charge in [-0.3, -0.25) is 4.79 Å². The third kappa shape index (κ3) is 5.16. The number of benzene rings is 3. The van der Waals surface area contributed by atoms with Crippen LogP contribution in [0.25, 0.3) is 0 Å². The predicted molar refractivity (Wildman–Crippen MR) is 131 cm³/mol. The van der Waals surface area contributed by atoms with Gasteiger partial charge in [0.05, 0.1) is 12.2 Å². The van der Waals surface area contributed by atoms with E-state index >= 15 is 0 Å². The largest absolute Gasteiger partial charge is 0.358 e. The molecule has 0 radical (unpaired) electrons. The summed E-state index contributed by atoms with van der Waals surface area (Å²) < 4.78 is 0. The number of carbonyl (C=O) groups excluding carboxylic acids is 1. The molecule has 0 aliphatic carbocycles. The minimum atomic E-state index is -1.75. The van der Waals surface area contributed by atoms with Gasteiger partial charge in [-0.1, -0.05) is 54.6 Å². The molecule has 3 rings (SSSR count). The lowest BCUT2D eigenvalue weighted by Gasteiger charge is -2.27. The van der Waals surface area contributed by atoms with E-state index in [1.54, 1.807) is 7.05 Å². The molecule has 1 atom stereocenters. The Morgan fingerprint density at radius 1 is 0.767 bits per heavy atom. The molecular weight excluding hydrogens is 387 g/mol. The molecule has 156 valence electrons. The normalized spacial score (nSPS) is 12.3. The number of rotatable bonds is 10. The number of amides is 1. The summed E-state index contributed by atoms with van der Waals surface area (Å²) in [5, 5.41) is 10.3. The zero-order chi connectivity index (χ0) is 21.2. The van der Waals surface area contributed by atoms with E-state index in [1.807, 2.05) is 6.92 Å². The SMILES string of the molecule is CNC(=O)[C@H](C)NCCCC[P+](c1ccccc1)(c1ccccc1)c1ccccc1. The van der Waals surface area contributed by atoms with Crippen LogP contribution in [-0.4, -0.2) is 31.7 Å². The molecule has 2 N–H and O–H groups in total. The Bertz CT molecular complexity index is 803. The fraction of sp³-hybridized carbons (Fsp3) is 0.269. The Kier molecular flexibility index (Phi) is 8.19. The highest BCUT2D eigenvalue weighted by Gasteiger charge is 2.44. The molecule has 0 saturated carbocycles. The van der Waals surface area contributed by atoms with Gasteiger partial charge < -0.3 is 10.6 Å². The van der Waals surface area contributed by atoms with Crippen molar-refractivity contribution < 1.29 is 4.79 Å². The first kappa shape index (κ1) is 22.2. The van der Waals surface area contributed by atoms with Crippen LogP contribution in [0.4, 0.5) is 0 Å². The fourth-order valence-electron chi connectivity index (χ4n) is 3.98. The van der Waals surface area contributed by atoms with Gasteiger partial charge in [-0.25, -0.2) is 0 Å². The zero-order valence-electron chi connectivity index (χ0n) is 17.9. The molecule has 3 aromatic rings. The Morgan fingerprint density at radius 2 is 1.20 bits per heavy atom. The van der Waals surface area contributed by atoms with E-state index in [4.69, 9.17) is 0 Å². The van der Waals surface area contributed by atoms with Gasteiger partial charge >= 0.3 is 0 Å². The molecule has 1 amide bonds. The summed E-state index contributed by atoms with van der Waals surface area (Å²) in [6, 6.07) is 32.8. The molecule has 0 saturated heterocycles. The summed E-state index contributed by atoms with van der Waals surface area (Å²) in [5.74, 6) is 0.0368. The van der Waals surface area contributed by atoms with Crippen LogP contribution >= 0.6 is 7.26 Å². The molecule has 3 nitrogen and oxygen atoms in total. The van der Waals surface area contributed by atoms with Crippen LogP contribution in [-0.2, 0) is 4.79 Å². The standard InChI is InChI=1S/C26H31N2OP/c1-22(26(29)27-2)28-20-12-13-21-30(23-14-6-3-7-15-23,24-16-8-4-9-17-24)25-18-10-5-11-19-25/h3-11,14-19,22,28H,12-13,20-21H2,1-2H3/p+1/t22-/m0/s1. The van der Waals surface area contributed by atoms with Crippen molar-refractivity contribution in [3.05, 3.63) is 91.0 Å². The van der Waals surface area contributed by atoms with Crippen LogP contribution in [0.1, 0.15) is 19.8 Å². The van der Waals surface area contributed by atoms with E-state index in [0.29, 0.717) is 0 Å². The van der Waals surface area contributed by atoms with Crippen LogP contribution in [0, 0.1) is 0 Å². The van der Waals surface area contributed by atoms with Crippen LogP contribution in [0.15, 0.2) is 91.0 Å². The maximum Gasteiger partial charge on any atom is 0.236 e. The van der Waals surface area contributed by atoms with Gasteiger partial charge in [0, 0.05) is 7.05 Å². The van der Waals surface area contributed by atoms with Gasteiger partial charge in [0.15, 0.2) is 0 Å². The number of likely N-dealkylation sites (N-methyl/N-ethyl adjacent to an activating group) is 1. The van der Waals surface area contributed by atoms with E-state index in [2.05, 4.69) is 102 Å². The lowest BCUT2D eigenvalue weighted by atomic mass is 10.3. The first-order valence-corrected chi connectivity index (χ1v) is 12.7. The lowest BCUT2D eigenvalue weighted by Crippen LogP contribution is -2.41. The van der Waals surface area contributed by atoms with E-state index in [1.165, 1.54) is 15.9 Å². The monoisotopic (exact) mass is 419 g/mol. The molecule has 4 heteroatoms. The predicted octanol–water partition coefficient (Wildman–Crippen LogP) is 3.48. The summed E-state index contributed by atoms with van der Waals surface area (Å²) >= 11 is 0. The van der Waals surface area contributed by atoms with Crippen molar-refractivity contribution in [1.82, 2.24) is 10.6 Å². The summed E-state index contributed by atoms with van der Waals surface area (Å²) in [5.41, 5.74) is 0. The topological polar surface area (TPSA) is 41.1 Å². The lowest BCUT2D eigenvalue weighted by molar-refractivity contribution is -0.122. The molecule has 0 unspecified atom stereocenters. The Labute approximate surface area is 181 Å². The summed E-state index contributed by atoms with van der Waals surface area (Å²) in [6.45, 7) is 2.75. The zero-order valence-corrected chi connectivity index (χ0v) is 18.8. The number of unbranched alkanes of at least 4 members (excludes halogenated alkanes) is 1. The Morgan fingerprint density at radius 3 is 1.60 bits per heavy atom. The van der Waals surface area contributed by atoms with Crippen LogP contribution in [0.5, 0.6) is 0 Å². The molecule has 0 bridgehead atoms. The van der Waals surface area contributed by atoms with Gasteiger partial charge in [-0.2, -0.15) is 0 Å². The van der Waals surface area contributed by atoms with Gasteiger partial charge in [-0.05, 0) is 62.7 Å². The Balaban J connectivity index is 1.87. The number of hydrogen-bond donors (Lipinski definition) is 2. The summed E-state index contributed by atoms with van der Waals surface area (Å²) in [4.78, 5) is 11.7. The van der Waals surface area contributed by atoms with Gasteiger partial charge in [0.1, 0.15) is 23.2 Å². The highest BCUT2D eigenvalue weighted by molar-refractivity contribution is 7.95. The van der Waals surface area contributed by atoms with E-state index < -0.39 is 7.26 Å². The third-order valence-corrected chi connectivity index (χ3v) is 10.1. The molecule has 0 aliphatic rings. The van der Waals surface area contributed by atoms with Crippen molar-refractivity contribution >= 4 is 29.1 Å². The first-order chi connectivity index (χ1) is 14.7. The third-order valence-electron chi connectivity index (χ3n) is 5.60. The van der Waals surface area contributed by atoms with Crippen molar-refractivity contribution in [2.75, 3.05) is 19.8 Å². The smallest absolute Gasteiger partial charge is 0.236 e. The molecule has 3 aromatic carbocycles. The second-order valence-corrected chi connectivity index (χ2v) is 11.2. The van der Waals surface area contributed by atoms with E-state index in [-0.39, 0.29) is 11.9 Å². The van der Waals surface area contributed by atoms with Gasteiger partial charge in [0.25, 0.3) is 0 Å². The maximum atomic E-state index is 11.7. The van der Waals surface area contributed by atoms with Crippen LogP contribution < -0.4 is 26.5 Å². The van der Waals surface area contributed by atoms with E-state index in [0.717, 1.165) is 25.5 Å². The second-order valence-electron chi connectivity index (χ2n) is 7.54. The molecular formula is C26H32N2OP+. The van der Waals surface area contributed by atoms with Crippen molar-refractivity contribution in [2.24, 2.45) is 0 Å². The quantitative estimate of drug-likeness (QED) is 0.390. The highest BCUT2D eigenvalue weighted by atomic mass is 31.2. The molecule has 0 fully saturated rings. The Hall–Kier alpha value is -2.48. The molecule has 0 heterocycles. The summed E-state index contributed by atoms with van der Waals surface area (Å²) in [7, 11) is -0.0696. The van der Waals surface area contributed by atoms with Crippen molar-refractivity contribution in [2.45, 2.75) is 25.8 Å². The maximum absolute atomic E-state index is 11.7. The molecule has 0 spiro atoms. The number of hydrogen-bond acceptors (Lipinski definition) is 2. The van der Waals surface area contributed by atoms with Crippen molar-refractivity contribution in [3.8, 4) is 0 Å². The molecule has 30 heavy (non-hydrogen) atoms. The second kappa shape index (κ2) is 11.1. The van der Waals surface area contributed by atoms with Crippen LogP contribution in [0.3, 0.4) is 0 Å². The molecule has 0 aromatic heterocycles. The average Bonchev–Trinajstić information content (AvgIpc) is 2.82.